The third-order valence-electron chi connectivity index (χ3n) is 1.90. The molecule has 0 aliphatic rings. The fourth-order valence-electron chi connectivity index (χ4n) is 1.06. The minimum atomic E-state index is -0.0140. The van der Waals surface area contributed by atoms with Gasteiger partial charge in [0.15, 0.2) is 0 Å². The molecule has 0 rings (SSSR count). The van der Waals surface area contributed by atoms with E-state index in [0.29, 0.717) is 19.6 Å². The molecule has 0 heterocycles. The summed E-state index contributed by atoms with van der Waals surface area (Å²) in [6.07, 6.45) is 0.821. The molecule has 0 atom stereocenters. The van der Waals surface area contributed by atoms with Crippen molar-refractivity contribution in [1.29, 1.82) is 0 Å². The van der Waals surface area contributed by atoms with E-state index in [1.165, 1.54) is 0 Å². The van der Waals surface area contributed by atoms with Crippen LogP contribution in [0.3, 0.4) is 0 Å². The van der Waals surface area contributed by atoms with Crippen molar-refractivity contribution in [2.45, 2.75) is 17.4 Å². The second-order valence-corrected chi connectivity index (χ2v) is 6.68. The smallest absolute Gasteiger partial charge is 0.223 e. The summed E-state index contributed by atoms with van der Waals surface area (Å²) in [5.41, 5.74) is 0. The van der Waals surface area contributed by atoms with Crippen LogP contribution in [0, 0.1) is 19.7 Å². The average molecular weight is 253 g/mol. The maximum atomic E-state index is 6.82. The molecule has 0 spiro atoms. The Hall–Kier alpha value is -0.830. The lowest BCUT2D eigenvalue weighted by atomic mass is 10.3. The summed E-state index contributed by atoms with van der Waals surface area (Å²) in [5, 5.41) is 0. The van der Waals surface area contributed by atoms with Crippen molar-refractivity contribution in [3.05, 3.63) is 34.3 Å². The lowest BCUT2D eigenvalue weighted by Gasteiger charge is -2.24. The molecule has 0 aliphatic heterocycles. The van der Waals surface area contributed by atoms with E-state index >= 15 is 0 Å². The Bertz CT molecular complexity index is 289. The molecule has 86 valence electrons. The van der Waals surface area contributed by atoms with Gasteiger partial charge in [-0.25, -0.2) is 19.7 Å². The van der Waals surface area contributed by atoms with Gasteiger partial charge in [-0.3, -0.25) is 0 Å². The zero-order valence-corrected chi connectivity index (χ0v) is 11.0. The highest BCUT2D eigenvalue weighted by Crippen LogP contribution is 2.39. The Labute approximate surface area is 106 Å². The Kier molecular flexibility index (Phi) is 8.91. The largest absolute Gasteiger partial charge is 0.317 e. The van der Waals surface area contributed by atoms with Gasteiger partial charge < -0.3 is 14.5 Å². The third kappa shape index (κ3) is 7.46. The zero-order chi connectivity index (χ0) is 12.3. The molecule has 0 aromatic carbocycles. The van der Waals surface area contributed by atoms with Crippen molar-refractivity contribution in [3.8, 4) is 0 Å². The van der Waals surface area contributed by atoms with E-state index in [1.54, 1.807) is 23.5 Å². The summed E-state index contributed by atoms with van der Waals surface area (Å²) in [4.78, 5) is 10.0. The highest BCUT2D eigenvalue weighted by molar-refractivity contribution is 8.18. The van der Waals surface area contributed by atoms with Crippen LogP contribution < -0.4 is 0 Å². The molecule has 0 aliphatic carbocycles. The van der Waals surface area contributed by atoms with Gasteiger partial charge in [-0.2, -0.15) is 0 Å². The standard InChI is InChI=1S/C11H15N3S2/c1-11(5-6-12-2,15-9-7-13-3)16-10-8-14-4/h5-10H2,1H3. The van der Waals surface area contributed by atoms with Crippen molar-refractivity contribution < 1.29 is 0 Å². The fourth-order valence-corrected chi connectivity index (χ4v) is 3.59. The monoisotopic (exact) mass is 253 g/mol. The van der Waals surface area contributed by atoms with E-state index < -0.39 is 0 Å². The maximum Gasteiger partial charge on any atom is 0.223 e. The molecule has 16 heavy (non-hydrogen) atoms. The van der Waals surface area contributed by atoms with Gasteiger partial charge >= 0.3 is 0 Å². The van der Waals surface area contributed by atoms with Crippen molar-refractivity contribution in [2.24, 2.45) is 0 Å². The molecule has 0 saturated heterocycles. The van der Waals surface area contributed by atoms with Gasteiger partial charge in [-0.05, 0) is 6.92 Å². The summed E-state index contributed by atoms with van der Waals surface area (Å²) < 4.78 is -0.0140. The number of rotatable bonds is 8. The Balaban J connectivity index is 4.09. The van der Waals surface area contributed by atoms with Crippen LogP contribution in [0.1, 0.15) is 13.3 Å². The molecule has 5 heteroatoms. The van der Waals surface area contributed by atoms with E-state index in [9.17, 15) is 0 Å². The first-order valence-electron chi connectivity index (χ1n) is 4.96. The van der Waals surface area contributed by atoms with Crippen LogP contribution in [0.4, 0.5) is 0 Å². The van der Waals surface area contributed by atoms with Crippen LogP contribution >= 0.6 is 23.5 Å². The van der Waals surface area contributed by atoms with E-state index in [1.807, 2.05) is 0 Å². The average Bonchev–Trinajstić information content (AvgIpc) is 2.27. The van der Waals surface area contributed by atoms with Crippen molar-refractivity contribution in [1.82, 2.24) is 0 Å². The van der Waals surface area contributed by atoms with Crippen LogP contribution in [0.2, 0.25) is 0 Å². The number of hydrogen-bond acceptors (Lipinski definition) is 2. The zero-order valence-electron chi connectivity index (χ0n) is 9.40. The molecule has 0 fully saturated rings. The summed E-state index contributed by atoms with van der Waals surface area (Å²) in [6, 6.07) is 0. The van der Waals surface area contributed by atoms with E-state index in [0.717, 1.165) is 17.9 Å². The van der Waals surface area contributed by atoms with Gasteiger partial charge in [0, 0.05) is 6.42 Å². The van der Waals surface area contributed by atoms with Crippen LogP contribution in [0.15, 0.2) is 0 Å². The summed E-state index contributed by atoms with van der Waals surface area (Å²) in [7, 11) is 0. The minimum absolute atomic E-state index is 0.0140. The Morgan fingerprint density at radius 2 is 1.31 bits per heavy atom. The maximum absolute atomic E-state index is 6.82. The molecule has 0 aromatic rings. The number of nitrogens with zero attached hydrogens (tertiary/aromatic N) is 3. The Morgan fingerprint density at radius 1 is 0.875 bits per heavy atom. The first kappa shape index (κ1) is 15.2. The van der Waals surface area contributed by atoms with Crippen molar-refractivity contribution in [3.63, 3.8) is 0 Å². The quantitative estimate of drug-likeness (QED) is 0.374. The molecule has 0 N–H and O–H groups in total. The fraction of sp³-hybridized carbons (Fsp3) is 0.727. The third-order valence-corrected chi connectivity index (χ3v) is 5.01. The number of thioether (sulfide) groups is 2. The highest BCUT2D eigenvalue weighted by Gasteiger charge is 2.27. The molecular formula is C11H15N3S2. The van der Waals surface area contributed by atoms with Gasteiger partial charge in [0.25, 0.3) is 0 Å². The van der Waals surface area contributed by atoms with Crippen molar-refractivity contribution >= 4 is 23.5 Å². The lowest BCUT2D eigenvalue weighted by Crippen LogP contribution is -2.18. The molecule has 0 saturated carbocycles. The highest BCUT2D eigenvalue weighted by atomic mass is 32.2. The summed E-state index contributed by atoms with van der Waals surface area (Å²) in [6.45, 7) is 24.0. The van der Waals surface area contributed by atoms with Gasteiger partial charge in [0.1, 0.15) is 0 Å². The summed E-state index contributed by atoms with van der Waals surface area (Å²) >= 11 is 3.48. The second kappa shape index (κ2) is 9.40. The predicted octanol–water partition coefficient (Wildman–Crippen LogP) is 3.32. The van der Waals surface area contributed by atoms with Crippen molar-refractivity contribution in [2.75, 3.05) is 31.1 Å². The van der Waals surface area contributed by atoms with E-state index in [-0.39, 0.29) is 4.08 Å². The normalized spacial score (nSPS) is 10.1. The SMILES string of the molecule is [C-]#[N+]CCSC(C)(CC[N+]#[C-])SCC[N+]#[C-]. The minimum Gasteiger partial charge on any atom is -0.317 e. The number of hydrogen-bond donors (Lipinski definition) is 0. The van der Waals surface area contributed by atoms with Crippen LogP contribution in [0.5, 0.6) is 0 Å². The topological polar surface area (TPSA) is 13.1 Å². The molecule has 0 aromatic heterocycles. The van der Waals surface area contributed by atoms with Crippen LogP contribution in [0.25, 0.3) is 14.5 Å². The van der Waals surface area contributed by atoms with Gasteiger partial charge in [-0.1, -0.05) is 0 Å². The van der Waals surface area contributed by atoms with Crippen LogP contribution in [-0.2, 0) is 0 Å². The van der Waals surface area contributed by atoms with E-state index in [4.69, 9.17) is 19.7 Å². The molecule has 0 unspecified atom stereocenters. The molecular weight excluding hydrogens is 238 g/mol. The van der Waals surface area contributed by atoms with Gasteiger partial charge in [0.2, 0.25) is 19.6 Å². The van der Waals surface area contributed by atoms with E-state index in [2.05, 4.69) is 21.5 Å². The molecule has 0 bridgehead atoms. The predicted molar refractivity (Wildman–Crippen MR) is 72.3 cm³/mol. The first-order chi connectivity index (χ1) is 7.68. The second-order valence-electron chi connectivity index (χ2n) is 3.23. The first-order valence-corrected chi connectivity index (χ1v) is 6.93. The van der Waals surface area contributed by atoms with Gasteiger partial charge in [0.05, 0.1) is 15.6 Å². The molecule has 3 nitrogen and oxygen atoms in total. The Morgan fingerprint density at radius 3 is 1.69 bits per heavy atom. The lowest BCUT2D eigenvalue weighted by molar-refractivity contribution is 0.823. The molecule has 0 amide bonds. The van der Waals surface area contributed by atoms with Gasteiger partial charge in [-0.15, -0.1) is 23.5 Å². The summed E-state index contributed by atoms with van der Waals surface area (Å²) in [5.74, 6) is 1.62. The van der Waals surface area contributed by atoms with Crippen LogP contribution in [-0.4, -0.2) is 35.2 Å². The molecule has 0 radical (unpaired) electrons.